The molecular formula is C15H24N2O4. The largest absolute Gasteiger partial charge is 0.493 e. The van der Waals surface area contributed by atoms with Crippen LogP contribution in [0.25, 0.3) is 0 Å². The van der Waals surface area contributed by atoms with E-state index in [-0.39, 0.29) is 11.9 Å². The molecule has 0 atom stereocenters. The van der Waals surface area contributed by atoms with E-state index in [0.717, 1.165) is 5.56 Å². The van der Waals surface area contributed by atoms with Crippen LogP contribution in [0.4, 0.5) is 0 Å². The molecule has 1 aromatic carbocycles. The summed E-state index contributed by atoms with van der Waals surface area (Å²) in [5.74, 6) is 1.62. The summed E-state index contributed by atoms with van der Waals surface area (Å²) in [5, 5.41) is 5.90. The Morgan fingerprint density at radius 3 is 2.10 bits per heavy atom. The van der Waals surface area contributed by atoms with E-state index in [1.807, 2.05) is 26.0 Å². The zero-order valence-electron chi connectivity index (χ0n) is 13.3. The number of rotatable bonds is 8. The lowest BCUT2D eigenvalue weighted by Crippen LogP contribution is -2.36. The third kappa shape index (κ3) is 5.15. The monoisotopic (exact) mass is 296 g/mol. The second-order valence-electron chi connectivity index (χ2n) is 4.85. The predicted molar refractivity (Wildman–Crippen MR) is 81.1 cm³/mol. The number of benzene rings is 1. The van der Waals surface area contributed by atoms with Crippen LogP contribution >= 0.6 is 0 Å². The van der Waals surface area contributed by atoms with Crippen molar-refractivity contribution >= 4 is 5.91 Å². The minimum Gasteiger partial charge on any atom is -0.493 e. The van der Waals surface area contributed by atoms with Crippen molar-refractivity contribution in [2.75, 3.05) is 27.9 Å². The summed E-state index contributed by atoms with van der Waals surface area (Å²) in [6.07, 6.45) is 0. The molecule has 0 aliphatic heterocycles. The Balaban J connectivity index is 2.73. The maximum atomic E-state index is 11.7. The van der Waals surface area contributed by atoms with E-state index in [4.69, 9.17) is 14.2 Å². The van der Waals surface area contributed by atoms with Crippen LogP contribution in [-0.4, -0.2) is 39.8 Å². The van der Waals surface area contributed by atoms with Crippen LogP contribution in [0.15, 0.2) is 12.1 Å². The van der Waals surface area contributed by atoms with Crippen LogP contribution in [0, 0.1) is 0 Å². The second-order valence-corrected chi connectivity index (χ2v) is 4.85. The molecule has 0 radical (unpaired) electrons. The van der Waals surface area contributed by atoms with E-state index in [1.54, 1.807) is 21.3 Å². The highest BCUT2D eigenvalue weighted by Crippen LogP contribution is 2.38. The van der Waals surface area contributed by atoms with Crippen LogP contribution < -0.4 is 24.8 Å². The summed E-state index contributed by atoms with van der Waals surface area (Å²) < 4.78 is 15.8. The van der Waals surface area contributed by atoms with Crippen molar-refractivity contribution in [1.82, 2.24) is 10.6 Å². The molecule has 6 heteroatoms. The van der Waals surface area contributed by atoms with Crippen molar-refractivity contribution in [3.63, 3.8) is 0 Å². The molecule has 0 aromatic heterocycles. The molecule has 2 N–H and O–H groups in total. The fourth-order valence-electron chi connectivity index (χ4n) is 1.80. The van der Waals surface area contributed by atoms with E-state index in [2.05, 4.69) is 10.6 Å². The van der Waals surface area contributed by atoms with Gasteiger partial charge in [-0.05, 0) is 17.7 Å². The molecule has 0 bridgehead atoms. The highest BCUT2D eigenvalue weighted by Gasteiger charge is 2.13. The van der Waals surface area contributed by atoms with Crippen molar-refractivity contribution < 1.29 is 19.0 Å². The van der Waals surface area contributed by atoms with Gasteiger partial charge in [0.1, 0.15) is 0 Å². The smallest absolute Gasteiger partial charge is 0.234 e. The Hall–Kier alpha value is -1.95. The van der Waals surface area contributed by atoms with Gasteiger partial charge in [0.25, 0.3) is 0 Å². The quantitative estimate of drug-likeness (QED) is 0.757. The van der Waals surface area contributed by atoms with Gasteiger partial charge in [-0.3, -0.25) is 4.79 Å². The Morgan fingerprint density at radius 2 is 1.67 bits per heavy atom. The van der Waals surface area contributed by atoms with Gasteiger partial charge in [0, 0.05) is 12.6 Å². The number of carbonyl (C=O) groups excluding carboxylic acids is 1. The number of ether oxygens (including phenoxy) is 3. The molecule has 6 nitrogen and oxygen atoms in total. The molecule has 0 spiro atoms. The molecular weight excluding hydrogens is 272 g/mol. The first-order valence-electron chi connectivity index (χ1n) is 6.80. The number of carbonyl (C=O) groups is 1. The molecule has 118 valence electrons. The first-order chi connectivity index (χ1) is 10.0. The van der Waals surface area contributed by atoms with Crippen LogP contribution in [0.5, 0.6) is 17.2 Å². The van der Waals surface area contributed by atoms with Gasteiger partial charge >= 0.3 is 0 Å². The van der Waals surface area contributed by atoms with Crippen molar-refractivity contribution in [3.05, 3.63) is 17.7 Å². The highest BCUT2D eigenvalue weighted by molar-refractivity contribution is 5.78. The van der Waals surface area contributed by atoms with Gasteiger partial charge in [-0.1, -0.05) is 13.8 Å². The van der Waals surface area contributed by atoms with Crippen molar-refractivity contribution in [3.8, 4) is 17.2 Å². The van der Waals surface area contributed by atoms with Gasteiger partial charge in [-0.2, -0.15) is 0 Å². The molecule has 0 heterocycles. The van der Waals surface area contributed by atoms with Crippen molar-refractivity contribution in [1.29, 1.82) is 0 Å². The van der Waals surface area contributed by atoms with Gasteiger partial charge in [0.05, 0.1) is 27.9 Å². The Morgan fingerprint density at radius 1 is 1.10 bits per heavy atom. The standard InChI is InChI=1S/C15H24N2O4/c1-10(2)16-9-14(18)17-8-11-6-12(19-3)15(21-5)13(7-11)20-4/h6-7,10,16H,8-9H2,1-5H3,(H,17,18). The molecule has 1 aromatic rings. The molecule has 0 aliphatic rings. The minimum atomic E-state index is -0.0579. The number of hydrogen-bond acceptors (Lipinski definition) is 5. The third-order valence-corrected chi connectivity index (χ3v) is 2.89. The number of hydrogen-bond donors (Lipinski definition) is 2. The Labute approximate surface area is 125 Å². The van der Waals surface area contributed by atoms with Gasteiger partial charge < -0.3 is 24.8 Å². The fraction of sp³-hybridized carbons (Fsp3) is 0.533. The lowest BCUT2D eigenvalue weighted by molar-refractivity contribution is -0.120. The average molecular weight is 296 g/mol. The lowest BCUT2D eigenvalue weighted by atomic mass is 10.1. The maximum absolute atomic E-state index is 11.7. The van der Waals surface area contributed by atoms with Crippen molar-refractivity contribution in [2.24, 2.45) is 0 Å². The Bertz CT molecular complexity index is 450. The summed E-state index contributed by atoms with van der Waals surface area (Å²) in [6, 6.07) is 3.91. The topological polar surface area (TPSA) is 68.8 Å². The molecule has 1 amide bonds. The zero-order valence-corrected chi connectivity index (χ0v) is 13.3. The fourth-order valence-corrected chi connectivity index (χ4v) is 1.80. The first-order valence-corrected chi connectivity index (χ1v) is 6.80. The average Bonchev–Trinajstić information content (AvgIpc) is 2.49. The number of methoxy groups -OCH3 is 3. The van der Waals surface area contributed by atoms with Crippen LogP contribution in [0.1, 0.15) is 19.4 Å². The summed E-state index contributed by atoms with van der Waals surface area (Å²) >= 11 is 0. The molecule has 1 rings (SSSR count). The van der Waals surface area contributed by atoms with E-state index in [1.165, 1.54) is 0 Å². The summed E-state index contributed by atoms with van der Waals surface area (Å²) in [7, 11) is 4.68. The van der Waals surface area contributed by atoms with Crippen LogP contribution in [-0.2, 0) is 11.3 Å². The van der Waals surface area contributed by atoms with E-state index in [0.29, 0.717) is 30.3 Å². The van der Waals surface area contributed by atoms with E-state index >= 15 is 0 Å². The van der Waals surface area contributed by atoms with Crippen LogP contribution in [0.3, 0.4) is 0 Å². The minimum absolute atomic E-state index is 0.0579. The number of amides is 1. The van der Waals surface area contributed by atoms with Crippen molar-refractivity contribution in [2.45, 2.75) is 26.4 Å². The lowest BCUT2D eigenvalue weighted by Gasteiger charge is -2.14. The van der Waals surface area contributed by atoms with Crippen LogP contribution in [0.2, 0.25) is 0 Å². The van der Waals surface area contributed by atoms with E-state index < -0.39 is 0 Å². The Kier molecular flexibility index (Phi) is 6.81. The van der Waals surface area contributed by atoms with Gasteiger partial charge in [0.15, 0.2) is 11.5 Å². The molecule has 0 saturated carbocycles. The highest BCUT2D eigenvalue weighted by atomic mass is 16.5. The van der Waals surface area contributed by atoms with E-state index in [9.17, 15) is 4.79 Å². The first kappa shape index (κ1) is 17.1. The van der Waals surface area contributed by atoms with Gasteiger partial charge in [-0.15, -0.1) is 0 Å². The summed E-state index contributed by atoms with van der Waals surface area (Å²) in [6.45, 7) is 4.68. The van der Waals surface area contributed by atoms with Gasteiger partial charge in [0.2, 0.25) is 11.7 Å². The maximum Gasteiger partial charge on any atom is 0.234 e. The molecule has 0 saturated heterocycles. The summed E-state index contributed by atoms with van der Waals surface area (Å²) in [5.41, 5.74) is 0.877. The van der Waals surface area contributed by atoms with Gasteiger partial charge in [-0.25, -0.2) is 0 Å². The summed E-state index contributed by atoms with van der Waals surface area (Å²) in [4.78, 5) is 11.7. The molecule has 0 aliphatic carbocycles. The molecule has 21 heavy (non-hydrogen) atoms. The number of nitrogens with one attached hydrogen (secondary N) is 2. The molecule has 0 fully saturated rings. The predicted octanol–water partition coefficient (Wildman–Crippen LogP) is 1.33. The zero-order chi connectivity index (χ0) is 15.8. The third-order valence-electron chi connectivity index (χ3n) is 2.89. The SMILES string of the molecule is COc1cc(CNC(=O)CNC(C)C)cc(OC)c1OC. The normalized spacial score (nSPS) is 10.4. The molecule has 0 unspecified atom stereocenters. The second kappa shape index (κ2) is 8.36.